The van der Waals surface area contributed by atoms with Gasteiger partial charge in [0.25, 0.3) is 0 Å². The van der Waals surface area contributed by atoms with E-state index in [1.54, 1.807) is 12.1 Å². The lowest BCUT2D eigenvalue weighted by molar-refractivity contribution is -0.141. The molecule has 0 fully saturated rings. The molecule has 0 bridgehead atoms. The van der Waals surface area contributed by atoms with Crippen LogP contribution >= 0.6 is 11.8 Å². The molecule has 1 unspecified atom stereocenters. The number of nitrogen functional groups attached to an aromatic ring is 1. The van der Waals surface area contributed by atoms with Crippen LogP contribution in [0.15, 0.2) is 53.4 Å². The summed E-state index contributed by atoms with van der Waals surface area (Å²) in [5.74, 6) is -0.739. The molecule has 2 aromatic rings. The molecule has 0 aliphatic rings. The molecule has 0 radical (unpaired) electrons. The van der Waals surface area contributed by atoms with E-state index in [0.29, 0.717) is 16.3 Å². The van der Waals surface area contributed by atoms with Gasteiger partial charge in [-0.25, -0.2) is 4.39 Å². The largest absolute Gasteiger partial charge is 0.469 e. The second kappa shape index (κ2) is 7.13. The van der Waals surface area contributed by atoms with E-state index in [1.807, 2.05) is 30.3 Å². The van der Waals surface area contributed by atoms with Gasteiger partial charge in [0.2, 0.25) is 0 Å². The number of ether oxygens (including phenoxy) is 1. The van der Waals surface area contributed by atoms with E-state index in [0.717, 1.165) is 5.56 Å². The quantitative estimate of drug-likeness (QED) is 0.522. The molecule has 0 saturated carbocycles. The molecule has 2 aromatic carbocycles. The van der Waals surface area contributed by atoms with Gasteiger partial charge in [-0.3, -0.25) is 4.79 Å². The number of carbonyl (C=O) groups is 1. The summed E-state index contributed by atoms with van der Waals surface area (Å²) in [6.07, 6.45) is 0. The second-order valence-corrected chi connectivity index (χ2v) is 5.55. The third-order valence-electron chi connectivity index (χ3n) is 3.05. The molecule has 0 aromatic heterocycles. The standard InChI is InChI=1S/C16H16FNO2S/c1-20-16(19)13(11-5-3-2-4-6-11)10-21-15-8-7-12(18)9-14(15)17/h2-9,13H,10,18H2,1H3. The lowest BCUT2D eigenvalue weighted by Gasteiger charge is -2.15. The number of rotatable bonds is 5. The van der Waals surface area contributed by atoms with Crippen LogP contribution in [-0.4, -0.2) is 18.8 Å². The van der Waals surface area contributed by atoms with Crippen LogP contribution in [0.5, 0.6) is 0 Å². The Balaban J connectivity index is 2.15. The van der Waals surface area contributed by atoms with Crippen LogP contribution < -0.4 is 5.73 Å². The first kappa shape index (κ1) is 15.4. The highest BCUT2D eigenvalue weighted by Crippen LogP contribution is 2.29. The van der Waals surface area contributed by atoms with Gasteiger partial charge in [0.1, 0.15) is 5.82 Å². The van der Waals surface area contributed by atoms with Crippen LogP contribution in [0.3, 0.4) is 0 Å². The molecule has 110 valence electrons. The highest BCUT2D eigenvalue weighted by molar-refractivity contribution is 7.99. The van der Waals surface area contributed by atoms with Crippen molar-refractivity contribution in [3.8, 4) is 0 Å². The topological polar surface area (TPSA) is 52.3 Å². The SMILES string of the molecule is COC(=O)C(CSc1ccc(N)cc1F)c1ccccc1. The van der Waals surface area contributed by atoms with E-state index >= 15 is 0 Å². The summed E-state index contributed by atoms with van der Waals surface area (Å²) in [5, 5.41) is 0. The molecule has 21 heavy (non-hydrogen) atoms. The smallest absolute Gasteiger partial charge is 0.313 e. The van der Waals surface area contributed by atoms with Crippen molar-refractivity contribution in [1.82, 2.24) is 0 Å². The second-order valence-electron chi connectivity index (χ2n) is 4.49. The van der Waals surface area contributed by atoms with Gasteiger partial charge in [-0.2, -0.15) is 0 Å². The van der Waals surface area contributed by atoms with E-state index in [9.17, 15) is 9.18 Å². The average molecular weight is 305 g/mol. The number of benzene rings is 2. The predicted molar refractivity (Wildman–Crippen MR) is 82.7 cm³/mol. The summed E-state index contributed by atoms with van der Waals surface area (Å²) in [6, 6.07) is 13.9. The van der Waals surface area contributed by atoms with Crippen molar-refractivity contribution in [2.45, 2.75) is 10.8 Å². The van der Waals surface area contributed by atoms with Crippen molar-refractivity contribution in [3.05, 3.63) is 59.9 Å². The van der Waals surface area contributed by atoms with E-state index < -0.39 is 5.92 Å². The zero-order valence-electron chi connectivity index (χ0n) is 11.6. The summed E-state index contributed by atoms with van der Waals surface area (Å²) < 4.78 is 18.6. The highest BCUT2D eigenvalue weighted by atomic mass is 32.2. The van der Waals surface area contributed by atoms with Gasteiger partial charge in [0, 0.05) is 16.3 Å². The van der Waals surface area contributed by atoms with Crippen LogP contribution in [0, 0.1) is 5.82 Å². The molecule has 0 saturated heterocycles. The maximum Gasteiger partial charge on any atom is 0.313 e. The Morgan fingerprint density at radius 1 is 1.29 bits per heavy atom. The van der Waals surface area contributed by atoms with Gasteiger partial charge in [0.15, 0.2) is 0 Å². The molecule has 0 amide bonds. The molecule has 5 heteroatoms. The summed E-state index contributed by atoms with van der Waals surface area (Å²) in [4.78, 5) is 12.4. The van der Waals surface area contributed by atoms with Gasteiger partial charge in [-0.05, 0) is 23.8 Å². The minimum absolute atomic E-state index is 0.329. The van der Waals surface area contributed by atoms with Gasteiger partial charge in [-0.15, -0.1) is 11.8 Å². The third kappa shape index (κ3) is 3.98. The fraction of sp³-hybridized carbons (Fsp3) is 0.188. The third-order valence-corrected chi connectivity index (χ3v) is 4.19. The number of halogens is 1. The zero-order valence-corrected chi connectivity index (χ0v) is 12.4. The number of nitrogens with two attached hydrogens (primary N) is 1. The van der Waals surface area contributed by atoms with Gasteiger partial charge < -0.3 is 10.5 Å². The molecule has 0 aliphatic heterocycles. The summed E-state index contributed by atoms with van der Waals surface area (Å²) in [6.45, 7) is 0. The number of methoxy groups -OCH3 is 1. The van der Waals surface area contributed by atoms with Crippen molar-refractivity contribution >= 4 is 23.4 Å². The van der Waals surface area contributed by atoms with Crippen LogP contribution in [0.4, 0.5) is 10.1 Å². The Bertz CT molecular complexity index is 619. The van der Waals surface area contributed by atoms with Crippen LogP contribution in [0.25, 0.3) is 0 Å². The number of esters is 1. The van der Waals surface area contributed by atoms with Crippen LogP contribution in [0.1, 0.15) is 11.5 Å². The minimum atomic E-state index is -0.432. The number of thioether (sulfide) groups is 1. The first-order valence-corrected chi connectivity index (χ1v) is 7.41. The molecular formula is C16H16FNO2S. The number of hydrogen-bond acceptors (Lipinski definition) is 4. The van der Waals surface area contributed by atoms with Crippen molar-refractivity contribution in [1.29, 1.82) is 0 Å². The Morgan fingerprint density at radius 2 is 2.00 bits per heavy atom. The van der Waals surface area contributed by atoms with Crippen LogP contribution in [-0.2, 0) is 9.53 Å². The number of carbonyl (C=O) groups excluding carboxylic acids is 1. The van der Waals surface area contributed by atoms with Crippen molar-refractivity contribution in [2.24, 2.45) is 0 Å². The minimum Gasteiger partial charge on any atom is -0.469 e. The Hall–Kier alpha value is -2.01. The number of hydrogen-bond donors (Lipinski definition) is 1. The summed E-state index contributed by atoms with van der Waals surface area (Å²) in [7, 11) is 1.35. The van der Waals surface area contributed by atoms with E-state index in [2.05, 4.69) is 0 Å². The molecule has 2 N–H and O–H groups in total. The fourth-order valence-corrected chi connectivity index (χ4v) is 2.97. The fourth-order valence-electron chi connectivity index (χ4n) is 1.94. The lowest BCUT2D eigenvalue weighted by Crippen LogP contribution is -2.16. The molecule has 1 atom stereocenters. The van der Waals surface area contributed by atoms with Crippen LogP contribution in [0.2, 0.25) is 0 Å². The Morgan fingerprint density at radius 3 is 2.62 bits per heavy atom. The van der Waals surface area contributed by atoms with E-state index in [4.69, 9.17) is 10.5 Å². The average Bonchev–Trinajstić information content (AvgIpc) is 2.50. The normalized spacial score (nSPS) is 11.9. The van der Waals surface area contributed by atoms with Crippen molar-refractivity contribution in [2.75, 3.05) is 18.6 Å². The monoisotopic (exact) mass is 305 g/mol. The zero-order chi connectivity index (χ0) is 15.2. The number of anilines is 1. The molecule has 0 heterocycles. The Kier molecular flexibility index (Phi) is 5.22. The first-order valence-electron chi connectivity index (χ1n) is 6.42. The van der Waals surface area contributed by atoms with Gasteiger partial charge in [0.05, 0.1) is 13.0 Å². The van der Waals surface area contributed by atoms with Gasteiger partial charge >= 0.3 is 5.97 Å². The molecule has 3 nitrogen and oxygen atoms in total. The Labute approximate surface area is 127 Å². The summed E-state index contributed by atoms with van der Waals surface area (Å²) >= 11 is 1.27. The molecule has 2 rings (SSSR count). The van der Waals surface area contributed by atoms with Crippen molar-refractivity contribution in [3.63, 3.8) is 0 Å². The van der Waals surface area contributed by atoms with E-state index in [1.165, 1.54) is 24.9 Å². The van der Waals surface area contributed by atoms with Gasteiger partial charge in [-0.1, -0.05) is 30.3 Å². The highest BCUT2D eigenvalue weighted by Gasteiger charge is 2.22. The van der Waals surface area contributed by atoms with E-state index in [-0.39, 0.29) is 11.8 Å². The molecule has 0 spiro atoms. The predicted octanol–water partition coefficient (Wildman–Crippen LogP) is 3.46. The summed E-state index contributed by atoms with van der Waals surface area (Å²) in [5.41, 5.74) is 6.75. The molecule has 0 aliphatic carbocycles. The maximum atomic E-state index is 13.8. The lowest BCUT2D eigenvalue weighted by atomic mass is 10.0. The molecular weight excluding hydrogens is 289 g/mol. The van der Waals surface area contributed by atoms with Crippen molar-refractivity contribution < 1.29 is 13.9 Å². The maximum absolute atomic E-state index is 13.8. The first-order chi connectivity index (χ1) is 10.1.